The fourth-order valence-electron chi connectivity index (χ4n) is 0.460. The topological polar surface area (TPSA) is 0 Å². The molecule has 0 amide bonds. The van der Waals surface area contributed by atoms with Crippen molar-refractivity contribution in [2.75, 3.05) is 0 Å². The summed E-state index contributed by atoms with van der Waals surface area (Å²) in [6.45, 7) is 2.26. The van der Waals surface area contributed by atoms with Gasteiger partial charge in [0.25, 0.3) is 0 Å². The van der Waals surface area contributed by atoms with E-state index in [-0.39, 0.29) is 0 Å². The van der Waals surface area contributed by atoms with Crippen LogP contribution >= 0.6 is 45.2 Å². The zero-order valence-electron chi connectivity index (χ0n) is 4.04. The molecular weight excluding hydrogens is 314 g/mol. The third-order valence-corrected chi connectivity index (χ3v) is 4.85. The largest absolute Gasteiger partial charge is 0.0731 e. The molecule has 0 aromatic carbocycles. The van der Waals surface area contributed by atoms with E-state index in [0.29, 0.717) is 3.42 Å². The SMILES string of the molecule is CC1(I)CC=C1I. The molecule has 0 bridgehead atoms. The van der Waals surface area contributed by atoms with Crippen LogP contribution < -0.4 is 0 Å². The summed E-state index contributed by atoms with van der Waals surface area (Å²) in [6, 6.07) is 0. The quantitative estimate of drug-likeness (QED) is 0.476. The highest BCUT2D eigenvalue weighted by Gasteiger charge is 2.29. The molecule has 0 aliphatic heterocycles. The Morgan fingerprint density at radius 1 is 1.86 bits per heavy atom. The summed E-state index contributed by atoms with van der Waals surface area (Å²) < 4.78 is 2.00. The lowest BCUT2D eigenvalue weighted by Crippen LogP contribution is -2.21. The molecule has 0 aromatic heterocycles. The van der Waals surface area contributed by atoms with Crippen molar-refractivity contribution < 1.29 is 0 Å². The van der Waals surface area contributed by atoms with Gasteiger partial charge in [-0.05, 0) is 35.9 Å². The smallest absolute Gasteiger partial charge is 0.0531 e. The first-order valence-corrected chi connectivity index (χ1v) is 4.34. The van der Waals surface area contributed by atoms with E-state index in [1.165, 1.54) is 10.0 Å². The molecule has 1 aliphatic rings. The Hall–Kier alpha value is 1.20. The summed E-state index contributed by atoms with van der Waals surface area (Å²) in [6.07, 6.45) is 3.53. The fraction of sp³-hybridized carbons (Fsp3) is 0.600. The number of rotatable bonds is 0. The van der Waals surface area contributed by atoms with Gasteiger partial charge in [0.2, 0.25) is 0 Å². The van der Waals surface area contributed by atoms with Crippen LogP contribution in [0.3, 0.4) is 0 Å². The molecule has 0 saturated heterocycles. The van der Waals surface area contributed by atoms with Gasteiger partial charge < -0.3 is 0 Å². The van der Waals surface area contributed by atoms with Gasteiger partial charge in [0.15, 0.2) is 0 Å². The normalized spacial score (nSPS) is 39.6. The van der Waals surface area contributed by atoms with Crippen molar-refractivity contribution in [1.29, 1.82) is 0 Å². The maximum atomic E-state index is 2.48. The number of halogens is 2. The summed E-state index contributed by atoms with van der Waals surface area (Å²) >= 11 is 4.87. The molecule has 0 nitrogen and oxygen atoms in total. The van der Waals surface area contributed by atoms with Crippen molar-refractivity contribution in [2.24, 2.45) is 0 Å². The van der Waals surface area contributed by atoms with Gasteiger partial charge in [-0.15, -0.1) is 0 Å². The molecule has 40 valence electrons. The zero-order chi connectivity index (χ0) is 5.49. The molecule has 0 aromatic rings. The van der Waals surface area contributed by atoms with Crippen LogP contribution in [-0.4, -0.2) is 3.42 Å². The molecule has 7 heavy (non-hydrogen) atoms. The van der Waals surface area contributed by atoms with Crippen molar-refractivity contribution in [3.05, 3.63) is 9.66 Å². The molecule has 0 fully saturated rings. The molecule has 2 heteroatoms. The summed E-state index contributed by atoms with van der Waals surface area (Å²) in [5, 5.41) is 0. The van der Waals surface area contributed by atoms with Gasteiger partial charge in [-0.25, -0.2) is 0 Å². The van der Waals surface area contributed by atoms with Crippen LogP contribution in [0.1, 0.15) is 13.3 Å². The van der Waals surface area contributed by atoms with Crippen molar-refractivity contribution in [2.45, 2.75) is 16.8 Å². The minimum absolute atomic E-state index is 0.498. The Labute approximate surface area is 71.0 Å². The van der Waals surface area contributed by atoms with Crippen molar-refractivity contribution >= 4 is 45.2 Å². The van der Waals surface area contributed by atoms with E-state index < -0.39 is 0 Å². The molecule has 0 heterocycles. The lowest BCUT2D eigenvalue weighted by atomic mass is 9.98. The van der Waals surface area contributed by atoms with Gasteiger partial charge >= 0.3 is 0 Å². The maximum absolute atomic E-state index is 2.48. The van der Waals surface area contributed by atoms with Crippen LogP contribution in [0, 0.1) is 0 Å². The molecule has 0 spiro atoms. The minimum Gasteiger partial charge on any atom is -0.0731 e. The number of allylic oxidation sites excluding steroid dienone is 2. The number of alkyl halides is 1. The molecule has 1 rings (SSSR count). The van der Waals surface area contributed by atoms with E-state index in [9.17, 15) is 0 Å². The Bertz CT molecular complexity index is 113. The molecule has 0 radical (unpaired) electrons. The van der Waals surface area contributed by atoms with E-state index >= 15 is 0 Å². The van der Waals surface area contributed by atoms with Crippen LogP contribution in [0.4, 0.5) is 0 Å². The van der Waals surface area contributed by atoms with Crippen molar-refractivity contribution in [3.63, 3.8) is 0 Å². The monoisotopic (exact) mass is 320 g/mol. The number of hydrogen-bond acceptors (Lipinski definition) is 0. The molecule has 1 atom stereocenters. The van der Waals surface area contributed by atoms with Gasteiger partial charge in [-0.3, -0.25) is 0 Å². The van der Waals surface area contributed by atoms with Gasteiger partial charge in [0.05, 0.1) is 3.42 Å². The highest BCUT2D eigenvalue weighted by atomic mass is 127. The zero-order valence-corrected chi connectivity index (χ0v) is 8.36. The predicted octanol–water partition coefficient (Wildman–Crippen LogP) is 2.90. The van der Waals surface area contributed by atoms with Crippen LogP contribution in [-0.2, 0) is 0 Å². The molecule has 0 saturated carbocycles. The summed E-state index contributed by atoms with van der Waals surface area (Å²) in [5.41, 5.74) is 0. The molecule has 1 aliphatic carbocycles. The minimum atomic E-state index is 0.498. The number of hydrogen-bond donors (Lipinski definition) is 0. The second-order valence-corrected chi connectivity index (χ2v) is 5.50. The van der Waals surface area contributed by atoms with Crippen LogP contribution in [0.25, 0.3) is 0 Å². The van der Waals surface area contributed by atoms with Crippen molar-refractivity contribution in [1.82, 2.24) is 0 Å². The van der Waals surface area contributed by atoms with Crippen LogP contribution in [0.2, 0.25) is 0 Å². The molecule has 1 unspecified atom stereocenters. The predicted molar refractivity (Wildman–Crippen MR) is 49.1 cm³/mol. The van der Waals surface area contributed by atoms with Crippen molar-refractivity contribution in [3.8, 4) is 0 Å². The average molecular weight is 320 g/mol. The van der Waals surface area contributed by atoms with E-state index in [0.717, 1.165) is 0 Å². The molecule has 0 N–H and O–H groups in total. The first-order chi connectivity index (χ1) is 3.13. The highest BCUT2D eigenvalue weighted by molar-refractivity contribution is 14.1. The summed E-state index contributed by atoms with van der Waals surface area (Å²) in [4.78, 5) is 0. The van der Waals surface area contributed by atoms with Crippen LogP contribution in [0.5, 0.6) is 0 Å². The summed E-state index contributed by atoms with van der Waals surface area (Å²) in [7, 11) is 0. The lowest BCUT2D eigenvalue weighted by Gasteiger charge is -2.28. The van der Waals surface area contributed by atoms with Gasteiger partial charge in [-0.1, -0.05) is 28.7 Å². The Kier molecular flexibility index (Phi) is 1.68. The van der Waals surface area contributed by atoms with E-state index in [1.807, 2.05) is 0 Å². The first kappa shape index (κ1) is 6.32. The third-order valence-electron chi connectivity index (χ3n) is 1.16. The van der Waals surface area contributed by atoms with Crippen LogP contribution in [0.15, 0.2) is 9.66 Å². The standard InChI is InChI=1S/C5H6I2/c1-5(7)3-2-4(5)6/h2H,3H2,1H3. The highest BCUT2D eigenvalue weighted by Crippen LogP contribution is 2.43. The second kappa shape index (κ2) is 1.86. The maximum Gasteiger partial charge on any atom is 0.0531 e. The Balaban J connectivity index is 2.68. The van der Waals surface area contributed by atoms with E-state index in [1.54, 1.807) is 0 Å². The average Bonchev–Trinajstić information content (AvgIpc) is 1.63. The Morgan fingerprint density at radius 2 is 2.29 bits per heavy atom. The Morgan fingerprint density at radius 3 is 2.29 bits per heavy atom. The van der Waals surface area contributed by atoms with E-state index in [4.69, 9.17) is 0 Å². The van der Waals surface area contributed by atoms with E-state index in [2.05, 4.69) is 58.2 Å². The third kappa shape index (κ3) is 1.12. The van der Waals surface area contributed by atoms with Gasteiger partial charge in [0, 0.05) is 3.58 Å². The molecular formula is C5H6I2. The summed E-state index contributed by atoms with van der Waals surface area (Å²) in [5.74, 6) is 0. The van der Waals surface area contributed by atoms with Gasteiger partial charge in [-0.2, -0.15) is 0 Å². The van der Waals surface area contributed by atoms with Gasteiger partial charge in [0.1, 0.15) is 0 Å². The fourth-order valence-corrected chi connectivity index (χ4v) is 1.34. The second-order valence-electron chi connectivity index (χ2n) is 1.95. The first-order valence-electron chi connectivity index (χ1n) is 2.18. The lowest BCUT2D eigenvalue weighted by molar-refractivity contribution is 0.770.